The SMILES string of the molecule is COc1ccc(CCC#N)cc1C(C)C. The molecule has 2 nitrogen and oxygen atoms in total. The number of ether oxygens (including phenoxy) is 1. The normalized spacial score (nSPS) is 10.1. The van der Waals surface area contributed by atoms with Crippen molar-refractivity contribution in [2.24, 2.45) is 0 Å². The molecule has 2 heteroatoms. The van der Waals surface area contributed by atoms with Crippen LogP contribution in [-0.4, -0.2) is 7.11 Å². The summed E-state index contributed by atoms with van der Waals surface area (Å²) in [6, 6.07) is 8.32. The molecule has 0 atom stereocenters. The average Bonchev–Trinajstić information content (AvgIpc) is 2.25. The molecule has 80 valence electrons. The Hall–Kier alpha value is -1.49. The molecule has 0 spiro atoms. The van der Waals surface area contributed by atoms with E-state index in [9.17, 15) is 0 Å². The zero-order valence-corrected chi connectivity index (χ0v) is 9.58. The van der Waals surface area contributed by atoms with E-state index in [0.29, 0.717) is 12.3 Å². The van der Waals surface area contributed by atoms with Gasteiger partial charge in [-0.1, -0.05) is 26.0 Å². The Labute approximate surface area is 91.5 Å². The molecular weight excluding hydrogens is 186 g/mol. The Balaban J connectivity index is 2.95. The van der Waals surface area contributed by atoms with E-state index in [1.54, 1.807) is 7.11 Å². The zero-order valence-electron chi connectivity index (χ0n) is 9.58. The molecule has 0 bridgehead atoms. The van der Waals surface area contributed by atoms with Gasteiger partial charge >= 0.3 is 0 Å². The van der Waals surface area contributed by atoms with Crippen LogP contribution in [0.2, 0.25) is 0 Å². The fourth-order valence-electron chi connectivity index (χ4n) is 1.59. The van der Waals surface area contributed by atoms with Gasteiger partial charge in [0.05, 0.1) is 13.2 Å². The van der Waals surface area contributed by atoms with E-state index in [1.807, 2.05) is 12.1 Å². The van der Waals surface area contributed by atoms with Crippen molar-refractivity contribution in [2.75, 3.05) is 7.11 Å². The van der Waals surface area contributed by atoms with Crippen molar-refractivity contribution >= 4 is 0 Å². The molecule has 15 heavy (non-hydrogen) atoms. The van der Waals surface area contributed by atoms with E-state index in [0.717, 1.165) is 12.2 Å². The Morgan fingerprint density at radius 3 is 2.67 bits per heavy atom. The lowest BCUT2D eigenvalue weighted by atomic mass is 9.98. The topological polar surface area (TPSA) is 33.0 Å². The summed E-state index contributed by atoms with van der Waals surface area (Å²) in [5.74, 6) is 1.38. The second-order valence-electron chi connectivity index (χ2n) is 3.89. The fraction of sp³-hybridized carbons (Fsp3) is 0.462. The van der Waals surface area contributed by atoms with Crippen LogP contribution in [0.4, 0.5) is 0 Å². The van der Waals surface area contributed by atoms with Crippen molar-refractivity contribution in [1.29, 1.82) is 5.26 Å². The molecule has 0 aliphatic rings. The van der Waals surface area contributed by atoms with E-state index in [2.05, 4.69) is 26.0 Å². The van der Waals surface area contributed by atoms with Gasteiger partial charge in [0, 0.05) is 6.42 Å². The van der Waals surface area contributed by atoms with Gasteiger partial charge < -0.3 is 4.74 Å². The molecule has 1 rings (SSSR count). The summed E-state index contributed by atoms with van der Waals surface area (Å²) in [7, 11) is 1.69. The summed E-state index contributed by atoms with van der Waals surface area (Å²) in [5, 5.41) is 8.53. The van der Waals surface area contributed by atoms with Crippen LogP contribution in [0.5, 0.6) is 5.75 Å². The van der Waals surface area contributed by atoms with Crippen molar-refractivity contribution in [3.63, 3.8) is 0 Å². The largest absolute Gasteiger partial charge is 0.496 e. The fourth-order valence-corrected chi connectivity index (χ4v) is 1.59. The van der Waals surface area contributed by atoms with Gasteiger partial charge in [0.1, 0.15) is 5.75 Å². The molecule has 0 saturated carbocycles. The molecule has 0 fully saturated rings. The van der Waals surface area contributed by atoms with Crippen molar-refractivity contribution in [3.8, 4) is 11.8 Å². The highest BCUT2D eigenvalue weighted by molar-refractivity contribution is 5.39. The first-order valence-corrected chi connectivity index (χ1v) is 5.22. The molecule has 1 aromatic rings. The Kier molecular flexibility index (Phi) is 4.17. The third kappa shape index (κ3) is 2.99. The van der Waals surface area contributed by atoms with Gasteiger partial charge in [-0.2, -0.15) is 5.26 Å². The maximum atomic E-state index is 8.53. The van der Waals surface area contributed by atoms with Crippen molar-refractivity contribution in [1.82, 2.24) is 0 Å². The van der Waals surface area contributed by atoms with Crippen molar-refractivity contribution < 1.29 is 4.74 Å². The number of methoxy groups -OCH3 is 1. The van der Waals surface area contributed by atoms with Gasteiger partial charge in [-0.05, 0) is 29.5 Å². The van der Waals surface area contributed by atoms with Crippen LogP contribution in [0.25, 0.3) is 0 Å². The van der Waals surface area contributed by atoms with Gasteiger partial charge in [-0.25, -0.2) is 0 Å². The number of benzene rings is 1. The number of nitriles is 1. The van der Waals surface area contributed by atoms with E-state index >= 15 is 0 Å². The second kappa shape index (κ2) is 5.41. The zero-order chi connectivity index (χ0) is 11.3. The molecule has 0 radical (unpaired) electrons. The lowest BCUT2D eigenvalue weighted by molar-refractivity contribution is 0.407. The molecule has 0 unspecified atom stereocenters. The van der Waals surface area contributed by atoms with Crippen molar-refractivity contribution in [2.45, 2.75) is 32.6 Å². The van der Waals surface area contributed by atoms with Crippen LogP contribution in [0.1, 0.15) is 37.3 Å². The maximum Gasteiger partial charge on any atom is 0.122 e. The third-order valence-corrected chi connectivity index (χ3v) is 2.44. The lowest BCUT2D eigenvalue weighted by Gasteiger charge is -2.13. The maximum absolute atomic E-state index is 8.53. The third-order valence-electron chi connectivity index (χ3n) is 2.44. The van der Waals surface area contributed by atoms with Gasteiger partial charge in [0.25, 0.3) is 0 Å². The highest BCUT2D eigenvalue weighted by Gasteiger charge is 2.07. The smallest absolute Gasteiger partial charge is 0.122 e. The number of hydrogen-bond donors (Lipinski definition) is 0. The number of hydrogen-bond acceptors (Lipinski definition) is 2. The molecule has 0 saturated heterocycles. The Morgan fingerprint density at radius 2 is 2.13 bits per heavy atom. The molecule has 0 N–H and O–H groups in total. The number of aryl methyl sites for hydroxylation is 1. The van der Waals surface area contributed by atoms with Gasteiger partial charge in [0.2, 0.25) is 0 Å². The van der Waals surface area contributed by atoms with Crippen LogP contribution >= 0.6 is 0 Å². The Morgan fingerprint density at radius 1 is 1.40 bits per heavy atom. The summed E-state index contributed by atoms with van der Waals surface area (Å²) in [6.07, 6.45) is 1.39. The van der Waals surface area contributed by atoms with E-state index in [-0.39, 0.29) is 0 Å². The molecule has 0 aromatic heterocycles. The predicted octanol–water partition coefficient (Wildman–Crippen LogP) is 3.27. The number of nitrogens with zero attached hydrogens (tertiary/aromatic N) is 1. The monoisotopic (exact) mass is 203 g/mol. The quantitative estimate of drug-likeness (QED) is 0.752. The lowest BCUT2D eigenvalue weighted by Crippen LogP contribution is -1.96. The van der Waals surface area contributed by atoms with E-state index in [4.69, 9.17) is 10.00 Å². The minimum Gasteiger partial charge on any atom is -0.496 e. The van der Waals surface area contributed by atoms with Gasteiger partial charge in [-0.3, -0.25) is 0 Å². The molecule has 0 amide bonds. The summed E-state index contributed by atoms with van der Waals surface area (Å²) >= 11 is 0. The summed E-state index contributed by atoms with van der Waals surface area (Å²) in [4.78, 5) is 0. The van der Waals surface area contributed by atoms with E-state index < -0.39 is 0 Å². The van der Waals surface area contributed by atoms with Crippen LogP contribution in [-0.2, 0) is 6.42 Å². The first kappa shape index (κ1) is 11.6. The standard InChI is InChI=1S/C13H17NO/c1-10(2)12-9-11(5-4-8-14)6-7-13(12)15-3/h6-7,9-10H,4-5H2,1-3H3. The summed E-state index contributed by atoms with van der Waals surface area (Å²) < 4.78 is 5.30. The molecule has 0 aliphatic heterocycles. The summed E-state index contributed by atoms with van der Waals surface area (Å²) in [5.41, 5.74) is 2.42. The van der Waals surface area contributed by atoms with Gasteiger partial charge in [-0.15, -0.1) is 0 Å². The van der Waals surface area contributed by atoms with Crippen molar-refractivity contribution in [3.05, 3.63) is 29.3 Å². The minimum absolute atomic E-state index is 0.446. The van der Waals surface area contributed by atoms with Crippen LogP contribution in [0, 0.1) is 11.3 Å². The highest BCUT2D eigenvalue weighted by atomic mass is 16.5. The van der Waals surface area contributed by atoms with Crippen LogP contribution < -0.4 is 4.74 Å². The van der Waals surface area contributed by atoms with Crippen LogP contribution in [0.15, 0.2) is 18.2 Å². The highest BCUT2D eigenvalue weighted by Crippen LogP contribution is 2.27. The van der Waals surface area contributed by atoms with Crippen LogP contribution in [0.3, 0.4) is 0 Å². The molecule has 0 aliphatic carbocycles. The summed E-state index contributed by atoms with van der Waals surface area (Å²) in [6.45, 7) is 4.29. The molecule has 0 heterocycles. The first-order chi connectivity index (χ1) is 7.19. The predicted molar refractivity (Wildman–Crippen MR) is 61.0 cm³/mol. The number of rotatable bonds is 4. The molecule has 1 aromatic carbocycles. The second-order valence-corrected chi connectivity index (χ2v) is 3.89. The van der Waals surface area contributed by atoms with Gasteiger partial charge in [0.15, 0.2) is 0 Å². The molecular formula is C13H17NO. The average molecular weight is 203 g/mol. The first-order valence-electron chi connectivity index (χ1n) is 5.22. The minimum atomic E-state index is 0.446. The Bertz CT molecular complexity index is 363. The van der Waals surface area contributed by atoms with E-state index in [1.165, 1.54) is 11.1 Å².